The van der Waals surface area contributed by atoms with E-state index in [9.17, 15) is 0 Å². The van der Waals surface area contributed by atoms with E-state index in [1.165, 1.54) is 39.1 Å². The molecule has 0 amide bonds. The normalized spacial score (nSPS) is 13.2. The quantitative estimate of drug-likeness (QED) is 0.383. The number of nitrogens with one attached hydrogen (secondary N) is 1. The fourth-order valence-electron chi connectivity index (χ4n) is 4.49. The average Bonchev–Trinajstić information content (AvgIpc) is 3.16. The zero-order chi connectivity index (χ0) is 23.3. The van der Waals surface area contributed by atoms with E-state index in [1.807, 2.05) is 6.07 Å². The maximum atomic E-state index is 5.97. The molecule has 0 saturated carbocycles. The molecule has 2 heteroatoms. The standard InChI is InChI=1S/C30H38N2/c1-7-23-17-24(8-2)30(25(9-3)18-23)32-22(6)29-16-14-26(21(29)5)11-10-12-27-19-28(31)15-13-20(27)4/h13-19,32H,5-12,31H2,1-4H3. The van der Waals surface area contributed by atoms with Gasteiger partial charge in [-0.15, -0.1) is 0 Å². The summed E-state index contributed by atoms with van der Waals surface area (Å²) < 4.78 is 0. The van der Waals surface area contributed by atoms with E-state index in [0.29, 0.717) is 0 Å². The molecule has 0 fully saturated rings. The van der Waals surface area contributed by atoms with Crippen LogP contribution in [0.25, 0.3) is 0 Å². The highest BCUT2D eigenvalue weighted by Gasteiger charge is 2.18. The van der Waals surface area contributed by atoms with Gasteiger partial charge in [-0.3, -0.25) is 0 Å². The molecule has 2 aromatic rings. The first-order valence-corrected chi connectivity index (χ1v) is 11.9. The van der Waals surface area contributed by atoms with Crippen molar-refractivity contribution in [2.45, 2.75) is 66.2 Å². The molecule has 32 heavy (non-hydrogen) atoms. The number of benzene rings is 2. The number of anilines is 2. The van der Waals surface area contributed by atoms with Gasteiger partial charge in [-0.1, -0.05) is 64.3 Å². The molecule has 0 radical (unpaired) electrons. The van der Waals surface area contributed by atoms with Crippen LogP contribution >= 0.6 is 0 Å². The predicted molar refractivity (Wildman–Crippen MR) is 141 cm³/mol. The lowest BCUT2D eigenvalue weighted by Crippen LogP contribution is -2.08. The Labute approximate surface area is 194 Å². The molecule has 0 saturated heterocycles. The van der Waals surface area contributed by atoms with Crippen molar-refractivity contribution < 1.29 is 0 Å². The molecule has 2 aromatic carbocycles. The van der Waals surface area contributed by atoms with Crippen molar-refractivity contribution in [1.29, 1.82) is 0 Å². The van der Waals surface area contributed by atoms with Crippen LogP contribution in [0.5, 0.6) is 0 Å². The Balaban J connectivity index is 1.64. The molecule has 0 bridgehead atoms. The molecule has 0 heterocycles. The van der Waals surface area contributed by atoms with Crippen molar-refractivity contribution in [1.82, 2.24) is 0 Å². The number of aryl methyl sites for hydroxylation is 5. The largest absolute Gasteiger partial charge is 0.399 e. The van der Waals surface area contributed by atoms with Crippen LogP contribution in [-0.4, -0.2) is 0 Å². The molecule has 1 aliphatic rings. The van der Waals surface area contributed by atoms with Gasteiger partial charge >= 0.3 is 0 Å². The van der Waals surface area contributed by atoms with Gasteiger partial charge in [-0.05, 0) is 96.5 Å². The summed E-state index contributed by atoms with van der Waals surface area (Å²) in [6.45, 7) is 17.6. The summed E-state index contributed by atoms with van der Waals surface area (Å²) in [6.07, 6.45) is 10.5. The summed E-state index contributed by atoms with van der Waals surface area (Å²) in [4.78, 5) is 0. The lowest BCUT2D eigenvalue weighted by molar-refractivity contribution is 0.816. The first-order chi connectivity index (χ1) is 15.4. The van der Waals surface area contributed by atoms with Crippen LogP contribution < -0.4 is 11.1 Å². The fraction of sp³-hybridized carbons (Fsp3) is 0.333. The third-order valence-electron chi connectivity index (χ3n) is 6.56. The lowest BCUT2D eigenvalue weighted by Gasteiger charge is -2.20. The Morgan fingerprint density at radius 1 is 0.906 bits per heavy atom. The van der Waals surface area contributed by atoms with Crippen molar-refractivity contribution in [2.75, 3.05) is 11.1 Å². The Kier molecular flexibility index (Phi) is 7.80. The molecule has 3 rings (SSSR count). The molecular formula is C30H38N2. The van der Waals surface area contributed by atoms with Crippen LogP contribution in [0.2, 0.25) is 0 Å². The second kappa shape index (κ2) is 10.5. The Bertz CT molecular complexity index is 1060. The van der Waals surface area contributed by atoms with E-state index in [-0.39, 0.29) is 0 Å². The van der Waals surface area contributed by atoms with Crippen LogP contribution in [0, 0.1) is 6.92 Å². The summed E-state index contributed by atoms with van der Waals surface area (Å²) in [5.41, 5.74) is 19.2. The second-order valence-electron chi connectivity index (χ2n) is 8.74. The number of hydrogen-bond donors (Lipinski definition) is 2. The van der Waals surface area contributed by atoms with Crippen molar-refractivity contribution in [3.8, 4) is 0 Å². The van der Waals surface area contributed by atoms with Gasteiger partial charge in [-0.2, -0.15) is 0 Å². The van der Waals surface area contributed by atoms with E-state index < -0.39 is 0 Å². The van der Waals surface area contributed by atoms with Gasteiger partial charge < -0.3 is 11.1 Å². The molecule has 0 atom stereocenters. The van der Waals surface area contributed by atoms with E-state index in [4.69, 9.17) is 5.73 Å². The molecule has 0 aromatic heterocycles. The molecule has 0 unspecified atom stereocenters. The van der Waals surface area contributed by atoms with Gasteiger partial charge in [-0.25, -0.2) is 0 Å². The topological polar surface area (TPSA) is 38.0 Å². The van der Waals surface area contributed by atoms with Crippen LogP contribution in [0.1, 0.15) is 61.4 Å². The lowest BCUT2D eigenvalue weighted by atomic mass is 9.95. The minimum atomic E-state index is 0.839. The Hall–Kier alpha value is -3.00. The van der Waals surface area contributed by atoms with Crippen LogP contribution in [-0.2, 0) is 25.7 Å². The summed E-state index contributed by atoms with van der Waals surface area (Å²) in [6, 6.07) is 10.8. The fourth-order valence-corrected chi connectivity index (χ4v) is 4.49. The van der Waals surface area contributed by atoms with Gasteiger partial charge in [0.2, 0.25) is 0 Å². The third kappa shape index (κ3) is 5.24. The van der Waals surface area contributed by atoms with Gasteiger partial charge in [0.1, 0.15) is 0 Å². The third-order valence-corrected chi connectivity index (χ3v) is 6.56. The second-order valence-corrected chi connectivity index (χ2v) is 8.74. The minimum Gasteiger partial charge on any atom is -0.399 e. The van der Waals surface area contributed by atoms with Gasteiger partial charge in [0.15, 0.2) is 0 Å². The van der Waals surface area contributed by atoms with E-state index >= 15 is 0 Å². The first kappa shape index (κ1) is 23.7. The van der Waals surface area contributed by atoms with E-state index in [1.54, 1.807) is 0 Å². The highest BCUT2D eigenvalue weighted by atomic mass is 14.9. The number of allylic oxidation sites excluding steroid dienone is 4. The summed E-state index contributed by atoms with van der Waals surface area (Å²) in [5, 5.41) is 3.65. The first-order valence-electron chi connectivity index (χ1n) is 11.9. The Morgan fingerprint density at radius 3 is 2.22 bits per heavy atom. The maximum Gasteiger partial charge on any atom is 0.0449 e. The van der Waals surface area contributed by atoms with Gasteiger partial charge in [0.25, 0.3) is 0 Å². The van der Waals surface area contributed by atoms with Gasteiger partial charge in [0, 0.05) is 22.6 Å². The maximum absolute atomic E-state index is 5.97. The van der Waals surface area contributed by atoms with Crippen molar-refractivity contribution >= 4 is 11.4 Å². The molecule has 0 aliphatic heterocycles. The number of nitrogen functional groups attached to an aromatic ring is 1. The minimum absolute atomic E-state index is 0.839. The van der Waals surface area contributed by atoms with Crippen LogP contribution in [0.15, 0.2) is 78.1 Å². The summed E-state index contributed by atoms with van der Waals surface area (Å²) >= 11 is 0. The monoisotopic (exact) mass is 426 g/mol. The van der Waals surface area contributed by atoms with Gasteiger partial charge in [0.05, 0.1) is 0 Å². The predicted octanol–water partition coefficient (Wildman–Crippen LogP) is 7.64. The molecule has 0 spiro atoms. The number of nitrogens with two attached hydrogens (primary N) is 1. The molecule has 168 valence electrons. The molecular weight excluding hydrogens is 388 g/mol. The van der Waals surface area contributed by atoms with E-state index in [2.05, 4.69) is 82.6 Å². The zero-order valence-electron chi connectivity index (χ0n) is 20.3. The van der Waals surface area contributed by atoms with Crippen molar-refractivity contribution in [3.63, 3.8) is 0 Å². The summed E-state index contributed by atoms with van der Waals surface area (Å²) in [5.74, 6) is 0. The summed E-state index contributed by atoms with van der Waals surface area (Å²) in [7, 11) is 0. The number of hydrogen-bond acceptors (Lipinski definition) is 2. The molecule has 3 N–H and O–H groups in total. The molecule has 2 nitrogen and oxygen atoms in total. The smallest absolute Gasteiger partial charge is 0.0449 e. The number of rotatable bonds is 10. The van der Waals surface area contributed by atoms with Crippen LogP contribution in [0.4, 0.5) is 11.4 Å². The average molecular weight is 427 g/mol. The van der Waals surface area contributed by atoms with Crippen molar-refractivity contribution in [2.24, 2.45) is 0 Å². The Morgan fingerprint density at radius 2 is 1.59 bits per heavy atom. The molecule has 1 aliphatic carbocycles. The van der Waals surface area contributed by atoms with Crippen LogP contribution in [0.3, 0.4) is 0 Å². The van der Waals surface area contributed by atoms with E-state index in [0.717, 1.165) is 61.1 Å². The highest BCUT2D eigenvalue weighted by molar-refractivity contribution is 5.69. The van der Waals surface area contributed by atoms with Crippen molar-refractivity contribution in [3.05, 3.63) is 106 Å². The SMILES string of the molecule is C=C(Nc1c(CC)cc(CC)cc1CC)C1=CC=C(CCCc2cc(N)ccc2C)C1=C. The highest BCUT2D eigenvalue weighted by Crippen LogP contribution is 2.35. The zero-order valence-corrected chi connectivity index (χ0v) is 20.3.